The predicted molar refractivity (Wildman–Crippen MR) is 116 cm³/mol. The SMILES string of the molecule is CC1C(c2ccc(OC3CCN(C4CCC4)CC3)cc2)Oc2ccccc2S1(=O)=O. The normalized spacial score (nSPS) is 27.0. The maximum absolute atomic E-state index is 12.9. The summed E-state index contributed by atoms with van der Waals surface area (Å²) in [6, 6.07) is 15.4. The van der Waals surface area contributed by atoms with E-state index in [-0.39, 0.29) is 11.0 Å². The molecule has 1 saturated heterocycles. The molecule has 5 nitrogen and oxygen atoms in total. The lowest BCUT2D eigenvalue weighted by Crippen LogP contribution is -2.46. The van der Waals surface area contributed by atoms with Crippen LogP contribution in [0.5, 0.6) is 11.5 Å². The van der Waals surface area contributed by atoms with Crippen LogP contribution >= 0.6 is 0 Å². The number of rotatable bonds is 4. The molecule has 0 N–H and O–H groups in total. The van der Waals surface area contributed by atoms with Crippen molar-refractivity contribution in [3.63, 3.8) is 0 Å². The lowest BCUT2D eigenvalue weighted by atomic mass is 9.90. The quantitative estimate of drug-likeness (QED) is 0.725. The zero-order valence-electron chi connectivity index (χ0n) is 17.4. The van der Waals surface area contributed by atoms with Crippen LogP contribution in [0.15, 0.2) is 53.4 Å². The Bertz CT molecular complexity index is 992. The molecule has 0 bridgehead atoms. The fraction of sp³-hybridized carbons (Fsp3) is 0.500. The molecular formula is C24H29NO4S. The van der Waals surface area contributed by atoms with Crippen molar-refractivity contribution in [3.05, 3.63) is 54.1 Å². The van der Waals surface area contributed by atoms with Crippen molar-refractivity contribution in [3.8, 4) is 11.5 Å². The third-order valence-corrected chi connectivity index (χ3v) is 9.08. The summed E-state index contributed by atoms with van der Waals surface area (Å²) in [6.45, 7) is 3.96. The molecule has 2 aromatic carbocycles. The summed E-state index contributed by atoms with van der Waals surface area (Å²) in [7, 11) is -3.42. The molecule has 5 rings (SSSR count). The first-order chi connectivity index (χ1) is 14.5. The largest absolute Gasteiger partial charge is 0.490 e. The molecule has 1 aliphatic carbocycles. The van der Waals surface area contributed by atoms with Crippen LogP contribution in [0.2, 0.25) is 0 Å². The Hall–Kier alpha value is -2.05. The number of likely N-dealkylation sites (tertiary alicyclic amines) is 1. The monoisotopic (exact) mass is 427 g/mol. The summed E-state index contributed by atoms with van der Waals surface area (Å²) in [4.78, 5) is 2.90. The maximum Gasteiger partial charge on any atom is 0.188 e. The summed E-state index contributed by atoms with van der Waals surface area (Å²) in [5.74, 6) is 1.27. The van der Waals surface area contributed by atoms with Gasteiger partial charge in [-0.2, -0.15) is 0 Å². The summed E-state index contributed by atoms with van der Waals surface area (Å²) < 4.78 is 38.1. The first kappa shape index (κ1) is 19.9. The number of piperidine rings is 1. The predicted octanol–water partition coefficient (Wildman–Crippen LogP) is 4.38. The van der Waals surface area contributed by atoms with Gasteiger partial charge >= 0.3 is 0 Å². The summed E-state index contributed by atoms with van der Waals surface area (Å²) in [5.41, 5.74) is 0.854. The zero-order chi connectivity index (χ0) is 20.7. The molecule has 2 fully saturated rings. The number of ether oxygens (including phenoxy) is 2. The molecule has 1 saturated carbocycles. The molecule has 2 heterocycles. The first-order valence-electron chi connectivity index (χ1n) is 11.0. The van der Waals surface area contributed by atoms with Crippen LogP contribution in [0.25, 0.3) is 0 Å². The van der Waals surface area contributed by atoms with E-state index in [9.17, 15) is 8.42 Å². The number of nitrogens with zero attached hydrogens (tertiary/aromatic N) is 1. The number of fused-ring (bicyclic) bond motifs is 1. The molecule has 2 atom stereocenters. The van der Waals surface area contributed by atoms with Crippen LogP contribution < -0.4 is 9.47 Å². The Morgan fingerprint density at radius 3 is 2.33 bits per heavy atom. The van der Waals surface area contributed by atoms with Gasteiger partial charge in [0.2, 0.25) is 0 Å². The van der Waals surface area contributed by atoms with E-state index >= 15 is 0 Å². The van der Waals surface area contributed by atoms with Crippen LogP contribution in [0.3, 0.4) is 0 Å². The zero-order valence-corrected chi connectivity index (χ0v) is 18.2. The summed E-state index contributed by atoms with van der Waals surface area (Å²) in [6.07, 6.45) is 5.95. The lowest BCUT2D eigenvalue weighted by molar-refractivity contribution is 0.0493. The average Bonchev–Trinajstić information content (AvgIpc) is 2.72. The average molecular weight is 428 g/mol. The van der Waals surface area contributed by atoms with E-state index in [1.165, 1.54) is 19.3 Å². The highest BCUT2D eigenvalue weighted by molar-refractivity contribution is 7.92. The van der Waals surface area contributed by atoms with E-state index in [1.54, 1.807) is 31.2 Å². The van der Waals surface area contributed by atoms with Gasteiger partial charge in [-0.25, -0.2) is 8.42 Å². The Morgan fingerprint density at radius 1 is 0.967 bits per heavy atom. The fourth-order valence-corrected chi connectivity index (χ4v) is 6.36. The van der Waals surface area contributed by atoms with Crippen molar-refractivity contribution in [1.82, 2.24) is 4.90 Å². The topological polar surface area (TPSA) is 55.8 Å². The van der Waals surface area contributed by atoms with Gasteiger partial charge in [0.25, 0.3) is 0 Å². The van der Waals surface area contributed by atoms with Gasteiger partial charge in [0.15, 0.2) is 9.84 Å². The molecule has 30 heavy (non-hydrogen) atoms. The molecule has 0 aromatic heterocycles. The molecule has 2 aliphatic heterocycles. The smallest absolute Gasteiger partial charge is 0.188 e. The second-order valence-corrected chi connectivity index (χ2v) is 11.0. The molecule has 2 aromatic rings. The number of para-hydroxylation sites is 1. The number of sulfone groups is 1. The van der Waals surface area contributed by atoms with Crippen molar-refractivity contribution >= 4 is 9.84 Å². The summed E-state index contributed by atoms with van der Waals surface area (Å²) >= 11 is 0. The van der Waals surface area contributed by atoms with Gasteiger partial charge in [0.05, 0.1) is 0 Å². The van der Waals surface area contributed by atoms with Crippen LogP contribution in [-0.2, 0) is 9.84 Å². The van der Waals surface area contributed by atoms with Crippen molar-refractivity contribution in [1.29, 1.82) is 0 Å². The van der Waals surface area contributed by atoms with Gasteiger partial charge in [-0.05, 0) is 62.4 Å². The van der Waals surface area contributed by atoms with Crippen molar-refractivity contribution in [2.24, 2.45) is 0 Å². The molecule has 0 radical (unpaired) electrons. The van der Waals surface area contributed by atoms with E-state index in [0.29, 0.717) is 5.75 Å². The van der Waals surface area contributed by atoms with Gasteiger partial charge in [0.1, 0.15) is 33.9 Å². The Balaban J connectivity index is 1.25. The lowest BCUT2D eigenvalue weighted by Gasteiger charge is -2.41. The number of benzene rings is 2. The molecule has 6 heteroatoms. The second-order valence-electron chi connectivity index (χ2n) is 8.74. The minimum absolute atomic E-state index is 0.254. The summed E-state index contributed by atoms with van der Waals surface area (Å²) in [5, 5.41) is -0.644. The van der Waals surface area contributed by atoms with E-state index < -0.39 is 21.2 Å². The standard InChI is InChI=1S/C24H29NO4S/c1-17-24(29-22-7-2-3-8-23(22)30(17,26)27)18-9-11-20(12-10-18)28-21-13-15-25(16-14-21)19-5-4-6-19/h2-3,7-12,17,19,21,24H,4-6,13-16H2,1H3. The second kappa shape index (κ2) is 7.89. The highest BCUT2D eigenvalue weighted by Gasteiger charge is 2.40. The minimum atomic E-state index is -3.42. The molecule has 160 valence electrons. The highest BCUT2D eigenvalue weighted by atomic mass is 32.2. The van der Waals surface area contributed by atoms with Gasteiger partial charge < -0.3 is 14.4 Å². The van der Waals surface area contributed by atoms with E-state index in [4.69, 9.17) is 9.47 Å². The van der Waals surface area contributed by atoms with Crippen molar-refractivity contribution < 1.29 is 17.9 Å². The molecular weight excluding hydrogens is 398 g/mol. The minimum Gasteiger partial charge on any atom is -0.490 e. The maximum atomic E-state index is 12.9. The van der Waals surface area contributed by atoms with Gasteiger partial charge in [-0.15, -0.1) is 0 Å². The van der Waals surface area contributed by atoms with Crippen LogP contribution in [0.4, 0.5) is 0 Å². The molecule has 3 aliphatic rings. The molecule has 2 unspecified atom stereocenters. The first-order valence-corrected chi connectivity index (χ1v) is 12.6. The van der Waals surface area contributed by atoms with Crippen LogP contribution in [0.1, 0.15) is 50.7 Å². The van der Waals surface area contributed by atoms with Crippen molar-refractivity contribution in [2.45, 2.75) is 67.4 Å². The number of hydrogen-bond donors (Lipinski definition) is 0. The Kier molecular flexibility index (Phi) is 5.23. The third-order valence-electron chi connectivity index (χ3n) is 6.90. The Morgan fingerprint density at radius 2 is 1.67 bits per heavy atom. The van der Waals surface area contributed by atoms with E-state index in [2.05, 4.69) is 4.90 Å². The van der Waals surface area contributed by atoms with E-state index in [0.717, 1.165) is 43.3 Å². The van der Waals surface area contributed by atoms with Crippen LogP contribution in [0, 0.1) is 0 Å². The highest BCUT2D eigenvalue weighted by Crippen LogP contribution is 2.41. The number of hydrogen-bond acceptors (Lipinski definition) is 5. The molecule has 0 amide bonds. The van der Waals surface area contributed by atoms with Gasteiger partial charge in [-0.3, -0.25) is 0 Å². The van der Waals surface area contributed by atoms with Gasteiger partial charge in [0, 0.05) is 19.1 Å². The van der Waals surface area contributed by atoms with Gasteiger partial charge in [-0.1, -0.05) is 30.7 Å². The third kappa shape index (κ3) is 3.60. The van der Waals surface area contributed by atoms with Crippen LogP contribution in [-0.4, -0.2) is 43.8 Å². The van der Waals surface area contributed by atoms with E-state index in [1.807, 2.05) is 24.3 Å². The Labute approximate surface area is 178 Å². The van der Waals surface area contributed by atoms with Crippen molar-refractivity contribution in [2.75, 3.05) is 13.1 Å². The fourth-order valence-electron chi connectivity index (χ4n) is 4.76. The molecule has 0 spiro atoms.